The molecule has 0 aromatic heterocycles. The lowest BCUT2D eigenvalue weighted by molar-refractivity contribution is 0.569. The summed E-state index contributed by atoms with van der Waals surface area (Å²) in [6.07, 6.45) is 0. The maximum atomic E-state index is 2.58. The molecule has 1 heteroatoms. The molecule has 0 atom stereocenters. The van der Waals surface area contributed by atoms with E-state index in [1.807, 2.05) is 0 Å². The molecule has 0 fully saturated rings. The van der Waals surface area contributed by atoms with E-state index >= 15 is 0 Å². The third-order valence-corrected chi connectivity index (χ3v) is 13.7. The second-order valence-corrected chi connectivity index (χ2v) is 22.8. The van der Waals surface area contributed by atoms with Crippen LogP contribution < -0.4 is 4.90 Å². The van der Waals surface area contributed by atoms with Crippen LogP contribution in [-0.2, 0) is 32.5 Å². The number of hydrogen-bond acceptors (Lipinski definition) is 1. The molecule has 1 nitrogen and oxygen atoms in total. The van der Waals surface area contributed by atoms with Gasteiger partial charge < -0.3 is 4.90 Å². The van der Waals surface area contributed by atoms with Gasteiger partial charge in [-0.05, 0) is 130 Å². The Balaban J connectivity index is 1.44. The van der Waals surface area contributed by atoms with Crippen molar-refractivity contribution in [3.05, 3.63) is 160 Å². The number of nitrogens with zero attached hydrogens (tertiary/aromatic N) is 1. The number of hydrogen-bond donors (Lipinski definition) is 0. The molecule has 0 bridgehead atoms. The Hall–Kier alpha value is -4.88. The summed E-state index contributed by atoms with van der Waals surface area (Å²) < 4.78 is 0. The van der Waals surface area contributed by atoms with E-state index in [-0.39, 0.29) is 32.5 Å². The normalized spacial score (nSPS) is 15.4. The molecule has 2 aliphatic carbocycles. The molecule has 0 saturated carbocycles. The molecule has 0 aliphatic heterocycles. The van der Waals surface area contributed by atoms with Crippen LogP contribution in [-0.4, -0.2) is 0 Å². The van der Waals surface area contributed by atoms with E-state index in [9.17, 15) is 0 Å². The van der Waals surface area contributed by atoms with Gasteiger partial charge in [-0.25, -0.2) is 0 Å². The zero-order chi connectivity index (χ0) is 42.8. The molecule has 6 aromatic carbocycles. The van der Waals surface area contributed by atoms with Gasteiger partial charge in [0.2, 0.25) is 0 Å². The molecule has 6 aromatic rings. The minimum Gasteiger partial charge on any atom is -0.310 e. The largest absolute Gasteiger partial charge is 0.310 e. The first-order chi connectivity index (χ1) is 27.3. The van der Waals surface area contributed by atoms with Gasteiger partial charge in [0.05, 0.1) is 5.69 Å². The Morgan fingerprint density at radius 2 is 0.881 bits per heavy atom. The lowest BCUT2D eigenvalue weighted by atomic mass is 9.78. The second kappa shape index (κ2) is 13.3. The molecule has 0 saturated heterocycles. The molecule has 2 aliphatic rings. The van der Waals surface area contributed by atoms with Crippen LogP contribution in [0.15, 0.2) is 115 Å². The summed E-state index contributed by atoms with van der Waals surface area (Å²) in [6.45, 7) is 37.7. The van der Waals surface area contributed by atoms with Crippen LogP contribution >= 0.6 is 0 Å². The summed E-state index contributed by atoms with van der Waals surface area (Å²) in [5, 5.41) is 0. The Kier molecular flexibility index (Phi) is 9.22. The van der Waals surface area contributed by atoms with Gasteiger partial charge in [0.1, 0.15) is 0 Å². The van der Waals surface area contributed by atoms with Crippen LogP contribution in [0.4, 0.5) is 17.1 Å². The number of fused-ring (bicyclic) bond motifs is 6. The van der Waals surface area contributed by atoms with E-state index in [2.05, 4.69) is 231 Å². The lowest BCUT2D eigenvalue weighted by Gasteiger charge is -2.33. The van der Waals surface area contributed by atoms with Gasteiger partial charge in [-0.1, -0.05) is 190 Å². The summed E-state index contributed by atoms with van der Waals surface area (Å²) in [6, 6.07) is 45.2. The predicted octanol–water partition coefficient (Wildman–Crippen LogP) is 16.6. The summed E-state index contributed by atoms with van der Waals surface area (Å²) >= 11 is 0. The smallest absolute Gasteiger partial charge is 0.0540 e. The molecular weight excluding hydrogens is 711 g/mol. The van der Waals surface area contributed by atoms with Crippen LogP contribution in [0.3, 0.4) is 0 Å². The van der Waals surface area contributed by atoms with Gasteiger partial charge in [-0.15, -0.1) is 0 Å². The summed E-state index contributed by atoms with van der Waals surface area (Å²) in [7, 11) is 0. The van der Waals surface area contributed by atoms with Crippen molar-refractivity contribution in [3.8, 4) is 33.4 Å². The number of benzene rings is 6. The van der Waals surface area contributed by atoms with Crippen molar-refractivity contribution in [3.63, 3.8) is 0 Å². The first kappa shape index (κ1) is 40.9. The number of rotatable bonds is 4. The van der Waals surface area contributed by atoms with Gasteiger partial charge in [0.15, 0.2) is 0 Å². The van der Waals surface area contributed by atoms with Crippen molar-refractivity contribution in [2.24, 2.45) is 0 Å². The highest BCUT2D eigenvalue weighted by Gasteiger charge is 2.40. The minimum atomic E-state index is -0.156. The summed E-state index contributed by atoms with van der Waals surface area (Å²) in [4.78, 5) is 2.58. The summed E-state index contributed by atoms with van der Waals surface area (Å²) in [5.41, 5.74) is 22.3. The highest BCUT2D eigenvalue weighted by molar-refractivity contribution is 5.93. The molecule has 0 unspecified atom stereocenters. The van der Waals surface area contributed by atoms with Crippen molar-refractivity contribution >= 4 is 17.1 Å². The molecule has 0 spiro atoms. The van der Waals surface area contributed by atoms with E-state index in [0.29, 0.717) is 0 Å². The van der Waals surface area contributed by atoms with E-state index in [1.54, 1.807) is 0 Å². The third-order valence-electron chi connectivity index (χ3n) is 13.7. The fourth-order valence-corrected chi connectivity index (χ4v) is 9.88. The van der Waals surface area contributed by atoms with Crippen molar-refractivity contribution < 1.29 is 0 Å². The molecule has 59 heavy (non-hydrogen) atoms. The Bertz CT molecular complexity index is 2600. The third kappa shape index (κ3) is 6.78. The first-order valence-electron chi connectivity index (χ1n) is 21.9. The highest BCUT2D eigenvalue weighted by atomic mass is 15.1. The molecule has 0 heterocycles. The number of anilines is 3. The molecule has 0 amide bonds. The van der Waals surface area contributed by atoms with Gasteiger partial charge >= 0.3 is 0 Å². The average molecular weight is 778 g/mol. The maximum absolute atomic E-state index is 2.58. The Morgan fingerprint density at radius 3 is 1.46 bits per heavy atom. The van der Waals surface area contributed by atoms with E-state index in [1.165, 1.54) is 95.0 Å². The van der Waals surface area contributed by atoms with E-state index < -0.39 is 0 Å². The standard InChI is InChI=1S/C58H67N/c1-53(2,3)37-24-29-51(45(33-37)36-30-38(54(4,5)6)32-39(31-36)55(7,8)9)59(40-25-27-43-42-20-17-18-21-46(42)57(13,14)49(43)34-40)41-26-28-44-50(35-41)58(15,16)48-23-19-22-47(52(44)48)56(10,11)12/h17-35H,1-16H3. The average Bonchev–Trinajstić information content (AvgIpc) is 3.52. The Morgan fingerprint density at radius 1 is 0.373 bits per heavy atom. The Labute approximate surface area is 356 Å². The van der Waals surface area contributed by atoms with Crippen molar-refractivity contribution in [1.82, 2.24) is 0 Å². The predicted molar refractivity (Wildman–Crippen MR) is 256 cm³/mol. The van der Waals surface area contributed by atoms with Gasteiger partial charge in [0.25, 0.3) is 0 Å². The molecular formula is C58H67N. The quantitative estimate of drug-likeness (QED) is 0.172. The van der Waals surface area contributed by atoms with Crippen molar-refractivity contribution in [2.75, 3.05) is 4.90 Å². The SMILES string of the molecule is CC(C)(C)c1cc(-c2cc(C(C)(C)C)ccc2N(c2ccc3c(c2)C(C)(C)c2ccccc2-3)c2ccc3c(c2)C(C)(C)c2cccc(C(C)(C)C)c2-3)cc(C(C)(C)C)c1. The van der Waals surface area contributed by atoms with Crippen LogP contribution in [0.5, 0.6) is 0 Å². The van der Waals surface area contributed by atoms with Crippen LogP contribution in [0, 0.1) is 0 Å². The van der Waals surface area contributed by atoms with Crippen molar-refractivity contribution in [2.45, 2.75) is 143 Å². The molecule has 0 radical (unpaired) electrons. The van der Waals surface area contributed by atoms with Gasteiger partial charge in [-0.2, -0.15) is 0 Å². The molecule has 8 rings (SSSR count). The fourth-order valence-electron chi connectivity index (χ4n) is 9.88. The first-order valence-corrected chi connectivity index (χ1v) is 21.9. The highest BCUT2D eigenvalue weighted by Crippen LogP contribution is 2.55. The minimum absolute atomic E-state index is 0.00937. The monoisotopic (exact) mass is 778 g/mol. The van der Waals surface area contributed by atoms with Gasteiger partial charge in [-0.3, -0.25) is 0 Å². The van der Waals surface area contributed by atoms with Crippen molar-refractivity contribution in [1.29, 1.82) is 0 Å². The zero-order valence-electron chi connectivity index (χ0n) is 38.9. The van der Waals surface area contributed by atoms with Crippen LogP contribution in [0.1, 0.15) is 155 Å². The second-order valence-electron chi connectivity index (χ2n) is 22.8. The maximum Gasteiger partial charge on any atom is 0.0540 e. The van der Waals surface area contributed by atoms with Crippen LogP contribution in [0.25, 0.3) is 33.4 Å². The molecule has 0 N–H and O–H groups in total. The van der Waals surface area contributed by atoms with Crippen LogP contribution in [0.2, 0.25) is 0 Å². The molecule has 304 valence electrons. The fraction of sp³-hybridized carbons (Fsp3) is 0.379. The van der Waals surface area contributed by atoms with E-state index in [4.69, 9.17) is 0 Å². The van der Waals surface area contributed by atoms with Gasteiger partial charge in [0, 0.05) is 27.8 Å². The zero-order valence-corrected chi connectivity index (χ0v) is 38.9. The summed E-state index contributed by atoms with van der Waals surface area (Å²) in [5.74, 6) is 0. The van der Waals surface area contributed by atoms with E-state index in [0.717, 1.165) is 0 Å². The topological polar surface area (TPSA) is 3.24 Å². The lowest BCUT2D eigenvalue weighted by Crippen LogP contribution is -2.19.